The van der Waals surface area contributed by atoms with E-state index in [-0.39, 0.29) is 11.9 Å². The second kappa shape index (κ2) is 7.06. The van der Waals surface area contributed by atoms with E-state index in [1.54, 1.807) is 0 Å². The Morgan fingerprint density at radius 2 is 2.16 bits per heavy atom. The van der Waals surface area contributed by atoms with Gasteiger partial charge >= 0.3 is 5.97 Å². The number of carbonyl (C=O) groups is 1. The van der Waals surface area contributed by atoms with E-state index in [4.69, 9.17) is 4.74 Å². The van der Waals surface area contributed by atoms with E-state index in [1.165, 1.54) is 5.56 Å². The van der Waals surface area contributed by atoms with E-state index in [0.29, 0.717) is 6.61 Å². The van der Waals surface area contributed by atoms with Crippen LogP contribution in [0.15, 0.2) is 28.7 Å². The predicted octanol–water partition coefficient (Wildman–Crippen LogP) is 3.22. The van der Waals surface area contributed by atoms with Crippen LogP contribution in [0.4, 0.5) is 0 Å². The molecule has 1 saturated heterocycles. The zero-order valence-corrected chi connectivity index (χ0v) is 12.9. The van der Waals surface area contributed by atoms with Crippen molar-refractivity contribution in [3.8, 4) is 0 Å². The molecule has 0 bridgehead atoms. The molecule has 0 N–H and O–H groups in total. The van der Waals surface area contributed by atoms with Gasteiger partial charge in [-0.1, -0.05) is 28.1 Å². The largest absolute Gasteiger partial charge is 0.466 e. The fourth-order valence-corrected chi connectivity index (χ4v) is 2.76. The van der Waals surface area contributed by atoms with E-state index >= 15 is 0 Å². The summed E-state index contributed by atoms with van der Waals surface area (Å²) < 4.78 is 6.22. The number of nitrogens with zero attached hydrogens (tertiary/aromatic N) is 1. The van der Waals surface area contributed by atoms with Crippen molar-refractivity contribution in [2.45, 2.75) is 26.3 Å². The molecule has 1 aliphatic rings. The summed E-state index contributed by atoms with van der Waals surface area (Å²) in [4.78, 5) is 14.1. The Labute approximate surface area is 123 Å². The molecule has 0 saturated carbocycles. The molecule has 3 nitrogen and oxygen atoms in total. The van der Waals surface area contributed by atoms with Gasteiger partial charge in [0.25, 0.3) is 0 Å². The maximum atomic E-state index is 11.8. The van der Waals surface area contributed by atoms with Crippen LogP contribution in [-0.2, 0) is 16.1 Å². The SMILES string of the molecule is CCOC(=O)[C@@H]1CCCN(Cc2ccc(Br)cc2)C1. The van der Waals surface area contributed by atoms with Gasteiger partial charge in [-0.2, -0.15) is 0 Å². The van der Waals surface area contributed by atoms with Gasteiger partial charge in [-0.25, -0.2) is 0 Å². The molecule has 1 aromatic carbocycles. The first kappa shape index (κ1) is 14.5. The highest BCUT2D eigenvalue weighted by molar-refractivity contribution is 9.10. The Kier molecular flexibility index (Phi) is 5.40. The van der Waals surface area contributed by atoms with Gasteiger partial charge in [-0.3, -0.25) is 9.69 Å². The maximum Gasteiger partial charge on any atom is 0.310 e. The summed E-state index contributed by atoms with van der Waals surface area (Å²) in [5, 5.41) is 0. The molecule has 104 valence electrons. The van der Waals surface area contributed by atoms with E-state index in [2.05, 4.69) is 45.1 Å². The van der Waals surface area contributed by atoms with Gasteiger partial charge in [0.2, 0.25) is 0 Å². The van der Waals surface area contributed by atoms with Crippen molar-refractivity contribution in [2.24, 2.45) is 5.92 Å². The highest BCUT2D eigenvalue weighted by Crippen LogP contribution is 2.20. The summed E-state index contributed by atoms with van der Waals surface area (Å²) in [5.41, 5.74) is 1.28. The minimum atomic E-state index is -0.0389. The lowest BCUT2D eigenvalue weighted by atomic mass is 9.98. The van der Waals surface area contributed by atoms with Crippen LogP contribution in [0, 0.1) is 5.92 Å². The lowest BCUT2D eigenvalue weighted by molar-refractivity contribution is -0.150. The quantitative estimate of drug-likeness (QED) is 0.796. The smallest absolute Gasteiger partial charge is 0.310 e. The lowest BCUT2D eigenvalue weighted by Crippen LogP contribution is -2.38. The zero-order valence-electron chi connectivity index (χ0n) is 11.3. The molecule has 1 aliphatic heterocycles. The van der Waals surface area contributed by atoms with Crippen LogP contribution in [0.25, 0.3) is 0 Å². The third-order valence-corrected chi connectivity index (χ3v) is 3.97. The summed E-state index contributed by atoms with van der Waals surface area (Å²) in [6.45, 7) is 5.12. The van der Waals surface area contributed by atoms with E-state index < -0.39 is 0 Å². The van der Waals surface area contributed by atoms with E-state index in [0.717, 1.165) is 36.9 Å². The number of likely N-dealkylation sites (tertiary alicyclic amines) is 1. The average molecular weight is 326 g/mol. The summed E-state index contributed by atoms with van der Waals surface area (Å²) in [5.74, 6) is 0.00662. The minimum Gasteiger partial charge on any atom is -0.466 e. The molecule has 0 aromatic heterocycles. The second-order valence-electron chi connectivity index (χ2n) is 4.95. The van der Waals surface area contributed by atoms with Crippen molar-refractivity contribution in [3.63, 3.8) is 0 Å². The number of ether oxygens (including phenoxy) is 1. The fraction of sp³-hybridized carbons (Fsp3) is 0.533. The summed E-state index contributed by atoms with van der Waals surface area (Å²) in [6.07, 6.45) is 2.02. The number of piperidine rings is 1. The first-order chi connectivity index (χ1) is 9.19. The molecule has 0 unspecified atom stereocenters. The van der Waals surface area contributed by atoms with E-state index in [1.807, 2.05) is 6.92 Å². The number of esters is 1. The first-order valence-corrected chi connectivity index (χ1v) is 7.61. The van der Waals surface area contributed by atoms with Gasteiger partial charge in [0.1, 0.15) is 0 Å². The molecule has 4 heteroatoms. The Morgan fingerprint density at radius 1 is 1.42 bits per heavy atom. The van der Waals surface area contributed by atoms with Crippen LogP contribution in [0.3, 0.4) is 0 Å². The summed E-state index contributed by atoms with van der Waals surface area (Å²) in [7, 11) is 0. The van der Waals surface area contributed by atoms with Gasteiger partial charge in [0, 0.05) is 17.6 Å². The lowest BCUT2D eigenvalue weighted by Gasteiger charge is -2.31. The third kappa shape index (κ3) is 4.32. The fourth-order valence-electron chi connectivity index (χ4n) is 2.50. The summed E-state index contributed by atoms with van der Waals surface area (Å²) in [6, 6.07) is 8.36. The minimum absolute atomic E-state index is 0.0389. The molecule has 1 aromatic rings. The van der Waals surface area contributed by atoms with Crippen LogP contribution in [-0.4, -0.2) is 30.6 Å². The number of rotatable bonds is 4. The molecule has 1 heterocycles. The zero-order chi connectivity index (χ0) is 13.7. The van der Waals surface area contributed by atoms with Crippen LogP contribution in [0.1, 0.15) is 25.3 Å². The van der Waals surface area contributed by atoms with Crippen LogP contribution >= 0.6 is 15.9 Å². The predicted molar refractivity (Wildman–Crippen MR) is 78.8 cm³/mol. The van der Waals surface area contributed by atoms with Gasteiger partial charge in [0.15, 0.2) is 0 Å². The Hall–Kier alpha value is -0.870. The number of benzene rings is 1. The number of carbonyl (C=O) groups excluding carboxylic acids is 1. The van der Waals surface area contributed by atoms with Gasteiger partial charge < -0.3 is 4.74 Å². The second-order valence-corrected chi connectivity index (χ2v) is 5.87. The molecule has 0 amide bonds. The standard InChI is InChI=1S/C15H20BrNO2/c1-2-19-15(18)13-4-3-9-17(11-13)10-12-5-7-14(16)8-6-12/h5-8,13H,2-4,9-11H2,1H3/t13-/m1/s1. The number of halogens is 1. The molecular weight excluding hydrogens is 306 g/mol. The maximum absolute atomic E-state index is 11.8. The molecule has 0 aliphatic carbocycles. The number of hydrogen-bond acceptors (Lipinski definition) is 3. The monoisotopic (exact) mass is 325 g/mol. The van der Waals surface area contributed by atoms with Crippen molar-refractivity contribution in [1.29, 1.82) is 0 Å². The molecule has 2 rings (SSSR count). The highest BCUT2D eigenvalue weighted by Gasteiger charge is 2.26. The molecular formula is C15H20BrNO2. The summed E-state index contributed by atoms with van der Waals surface area (Å²) >= 11 is 3.44. The van der Waals surface area contributed by atoms with Gasteiger partial charge in [0.05, 0.1) is 12.5 Å². The Balaban J connectivity index is 1.90. The van der Waals surface area contributed by atoms with Crippen LogP contribution < -0.4 is 0 Å². The number of hydrogen-bond donors (Lipinski definition) is 0. The normalized spacial score (nSPS) is 20.2. The van der Waals surface area contributed by atoms with Crippen molar-refractivity contribution in [3.05, 3.63) is 34.3 Å². The molecule has 1 atom stereocenters. The molecule has 0 radical (unpaired) electrons. The molecule has 0 spiro atoms. The highest BCUT2D eigenvalue weighted by atomic mass is 79.9. The topological polar surface area (TPSA) is 29.5 Å². The Morgan fingerprint density at radius 3 is 2.84 bits per heavy atom. The van der Waals surface area contributed by atoms with Crippen LogP contribution in [0.2, 0.25) is 0 Å². The van der Waals surface area contributed by atoms with E-state index in [9.17, 15) is 4.79 Å². The van der Waals surface area contributed by atoms with Gasteiger partial charge in [-0.15, -0.1) is 0 Å². The van der Waals surface area contributed by atoms with Crippen molar-refractivity contribution in [2.75, 3.05) is 19.7 Å². The molecule has 19 heavy (non-hydrogen) atoms. The van der Waals surface area contributed by atoms with Crippen molar-refractivity contribution in [1.82, 2.24) is 4.90 Å². The average Bonchev–Trinajstić information content (AvgIpc) is 2.42. The van der Waals surface area contributed by atoms with Crippen molar-refractivity contribution >= 4 is 21.9 Å². The Bertz CT molecular complexity index is 419. The van der Waals surface area contributed by atoms with Crippen LogP contribution in [0.5, 0.6) is 0 Å². The van der Waals surface area contributed by atoms with Crippen molar-refractivity contribution < 1.29 is 9.53 Å². The first-order valence-electron chi connectivity index (χ1n) is 6.82. The van der Waals surface area contributed by atoms with Gasteiger partial charge in [-0.05, 0) is 44.0 Å². The third-order valence-electron chi connectivity index (χ3n) is 3.44. The molecule has 1 fully saturated rings.